The van der Waals surface area contributed by atoms with Gasteiger partial charge in [-0.3, -0.25) is 4.90 Å². The maximum atomic E-state index is 5.94. The van der Waals surface area contributed by atoms with Crippen LogP contribution in [0.15, 0.2) is 18.2 Å². The lowest BCUT2D eigenvalue weighted by molar-refractivity contribution is 0.257. The summed E-state index contributed by atoms with van der Waals surface area (Å²) >= 11 is 0. The summed E-state index contributed by atoms with van der Waals surface area (Å²) in [5.41, 5.74) is 8.31. The molecule has 1 rings (SSSR count). The van der Waals surface area contributed by atoms with E-state index >= 15 is 0 Å². The van der Waals surface area contributed by atoms with E-state index in [4.69, 9.17) is 10.5 Å². The van der Waals surface area contributed by atoms with Gasteiger partial charge in [-0.1, -0.05) is 6.07 Å². The molecule has 0 bridgehead atoms. The van der Waals surface area contributed by atoms with Gasteiger partial charge < -0.3 is 10.5 Å². The smallest absolute Gasteiger partial charge is 0.123 e. The van der Waals surface area contributed by atoms with Crippen LogP contribution in [0.2, 0.25) is 0 Å². The molecule has 2 N–H and O–H groups in total. The third-order valence-corrected chi connectivity index (χ3v) is 3.21. The third-order valence-electron chi connectivity index (χ3n) is 3.21. The summed E-state index contributed by atoms with van der Waals surface area (Å²) in [7, 11) is 2.12. The molecule has 0 aliphatic heterocycles. The summed E-state index contributed by atoms with van der Waals surface area (Å²) in [6.07, 6.45) is 0. The monoisotopic (exact) mass is 250 g/mol. The lowest BCUT2D eigenvalue weighted by Gasteiger charge is -2.23. The molecule has 0 amide bonds. The van der Waals surface area contributed by atoms with Crippen LogP contribution in [-0.4, -0.2) is 24.6 Å². The zero-order valence-corrected chi connectivity index (χ0v) is 12.2. The zero-order chi connectivity index (χ0) is 13.7. The highest BCUT2D eigenvalue weighted by molar-refractivity contribution is 5.38. The lowest BCUT2D eigenvalue weighted by atomic mass is 10.0. The average molecular weight is 250 g/mol. The van der Waals surface area contributed by atoms with Crippen molar-refractivity contribution in [2.45, 2.75) is 46.3 Å². The number of nitrogens with zero attached hydrogens (tertiary/aromatic N) is 1. The van der Waals surface area contributed by atoms with Gasteiger partial charge >= 0.3 is 0 Å². The lowest BCUT2D eigenvalue weighted by Crippen LogP contribution is -2.26. The van der Waals surface area contributed by atoms with E-state index in [-0.39, 0.29) is 6.04 Å². The van der Waals surface area contributed by atoms with Crippen LogP contribution in [0, 0.1) is 0 Å². The standard InChI is InChI=1S/C15H26N2O/c1-6-18-15-8-7-13(12(4)16)9-14(15)10-17(5)11(2)3/h7-9,11-12H,6,10,16H2,1-5H3. The highest BCUT2D eigenvalue weighted by Crippen LogP contribution is 2.24. The molecule has 0 aliphatic rings. The van der Waals surface area contributed by atoms with E-state index in [0.717, 1.165) is 17.9 Å². The Bertz CT molecular complexity index is 375. The van der Waals surface area contributed by atoms with Gasteiger partial charge in [-0.25, -0.2) is 0 Å². The van der Waals surface area contributed by atoms with Gasteiger partial charge in [-0.2, -0.15) is 0 Å². The van der Waals surface area contributed by atoms with Gasteiger partial charge in [-0.05, 0) is 52.4 Å². The van der Waals surface area contributed by atoms with Gasteiger partial charge in [-0.15, -0.1) is 0 Å². The second kappa shape index (κ2) is 6.76. The van der Waals surface area contributed by atoms with Crippen LogP contribution < -0.4 is 10.5 Å². The van der Waals surface area contributed by atoms with Crippen molar-refractivity contribution in [3.8, 4) is 5.75 Å². The maximum absolute atomic E-state index is 5.94. The average Bonchev–Trinajstić information content (AvgIpc) is 2.31. The first-order chi connectivity index (χ1) is 8.45. The normalized spacial score (nSPS) is 13.1. The first-order valence-electron chi connectivity index (χ1n) is 6.67. The largest absolute Gasteiger partial charge is 0.494 e. The van der Waals surface area contributed by atoms with Crippen LogP contribution >= 0.6 is 0 Å². The van der Waals surface area contributed by atoms with Crippen LogP contribution in [0.1, 0.15) is 44.9 Å². The Hall–Kier alpha value is -1.06. The molecule has 1 unspecified atom stereocenters. The van der Waals surface area contributed by atoms with Crippen LogP contribution in [0.5, 0.6) is 5.75 Å². The number of hydrogen-bond donors (Lipinski definition) is 1. The predicted molar refractivity (Wildman–Crippen MR) is 76.8 cm³/mol. The van der Waals surface area contributed by atoms with Crippen LogP contribution in [-0.2, 0) is 6.54 Å². The molecule has 18 heavy (non-hydrogen) atoms. The molecule has 0 spiro atoms. The predicted octanol–water partition coefficient (Wildman–Crippen LogP) is 2.95. The fourth-order valence-corrected chi connectivity index (χ4v) is 1.75. The Labute approximate surface area is 111 Å². The van der Waals surface area contributed by atoms with Gasteiger partial charge in [0.1, 0.15) is 5.75 Å². The van der Waals surface area contributed by atoms with Crippen LogP contribution in [0.25, 0.3) is 0 Å². The van der Waals surface area contributed by atoms with Crippen molar-refractivity contribution in [1.82, 2.24) is 4.90 Å². The highest BCUT2D eigenvalue weighted by atomic mass is 16.5. The number of nitrogens with two attached hydrogens (primary N) is 1. The Kier molecular flexibility index (Phi) is 5.63. The molecule has 0 saturated heterocycles. The quantitative estimate of drug-likeness (QED) is 0.843. The second-order valence-electron chi connectivity index (χ2n) is 5.10. The minimum Gasteiger partial charge on any atom is -0.494 e. The zero-order valence-electron chi connectivity index (χ0n) is 12.2. The first-order valence-corrected chi connectivity index (χ1v) is 6.67. The van der Waals surface area contributed by atoms with Gasteiger partial charge in [0.25, 0.3) is 0 Å². The molecule has 1 aromatic rings. The molecule has 0 fully saturated rings. The van der Waals surface area contributed by atoms with Crippen molar-refractivity contribution in [2.75, 3.05) is 13.7 Å². The number of ether oxygens (including phenoxy) is 1. The number of hydrogen-bond acceptors (Lipinski definition) is 3. The summed E-state index contributed by atoms with van der Waals surface area (Å²) < 4.78 is 5.68. The van der Waals surface area contributed by atoms with Gasteiger partial charge in [0.2, 0.25) is 0 Å². The Morgan fingerprint density at radius 1 is 1.28 bits per heavy atom. The van der Waals surface area contributed by atoms with Gasteiger partial charge in [0.15, 0.2) is 0 Å². The maximum Gasteiger partial charge on any atom is 0.123 e. The van der Waals surface area contributed by atoms with Crippen molar-refractivity contribution in [3.05, 3.63) is 29.3 Å². The van der Waals surface area contributed by atoms with E-state index < -0.39 is 0 Å². The van der Waals surface area contributed by atoms with Crippen molar-refractivity contribution in [3.63, 3.8) is 0 Å². The molecule has 1 atom stereocenters. The molecule has 0 aromatic heterocycles. The fourth-order valence-electron chi connectivity index (χ4n) is 1.75. The summed E-state index contributed by atoms with van der Waals surface area (Å²) in [6.45, 7) is 9.97. The summed E-state index contributed by atoms with van der Waals surface area (Å²) in [5, 5.41) is 0. The minimum atomic E-state index is 0.0591. The van der Waals surface area contributed by atoms with E-state index in [1.165, 1.54) is 5.56 Å². The SMILES string of the molecule is CCOc1ccc(C(C)N)cc1CN(C)C(C)C. The fraction of sp³-hybridized carbons (Fsp3) is 0.600. The molecule has 0 saturated carbocycles. The van der Waals surface area contributed by atoms with Gasteiger partial charge in [0, 0.05) is 24.2 Å². The van der Waals surface area contributed by atoms with Crippen molar-refractivity contribution < 1.29 is 4.74 Å². The molecule has 0 aliphatic carbocycles. The van der Waals surface area contributed by atoms with Gasteiger partial charge in [0.05, 0.1) is 6.61 Å². The minimum absolute atomic E-state index is 0.0591. The molecule has 102 valence electrons. The molecule has 0 heterocycles. The molecule has 3 heteroatoms. The van der Waals surface area contributed by atoms with E-state index in [0.29, 0.717) is 12.6 Å². The van der Waals surface area contributed by atoms with E-state index in [2.05, 4.69) is 37.9 Å². The van der Waals surface area contributed by atoms with Crippen LogP contribution in [0.4, 0.5) is 0 Å². The molecule has 0 radical (unpaired) electrons. The summed E-state index contributed by atoms with van der Waals surface area (Å²) in [5.74, 6) is 0.967. The van der Waals surface area contributed by atoms with Crippen molar-refractivity contribution >= 4 is 0 Å². The van der Waals surface area contributed by atoms with Crippen molar-refractivity contribution in [1.29, 1.82) is 0 Å². The molecule has 3 nitrogen and oxygen atoms in total. The Morgan fingerprint density at radius 2 is 1.94 bits per heavy atom. The first kappa shape index (κ1) is 15.0. The summed E-state index contributed by atoms with van der Waals surface area (Å²) in [4.78, 5) is 2.29. The summed E-state index contributed by atoms with van der Waals surface area (Å²) in [6, 6.07) is 6.82. The van der Waals surface area contributed by atoms with E-state index in [1.54, 1.807) is 0 Å². The topological polar surface area (TPSA) is 38.5 Å². The Morgan fingerprint density at radius 3 is 2.44 bits per heavy atom. The third kappa shape index (κ3) is 4.00. The number of rotatable bonds is 6. The van der Waals surface area contributed by atoms with E-state index in [9.17, 15) is 0 Å². The molecular weight excluding hydrogens is 224 g/mol. The van der Waals surface area contributed by atoms with Crippen LogP contribution in [0.3, 0.4) is 0 Å². The molecular formula is C15H26N2O. The Balaban J connectivity index is 2.99. The molecule has 1 aromatic carbocycles. The highest BCUT2D eigenvalue weighted by Gasteiger charge is 2.11. The number of benzene rings is 1. The second-order valence-corrected chi connectivity index (χ2v) is 5.10. The van der Waals surface area contributed by atoms with Crippen molar-refractivity contribution in [2.24, 2.45) is 5.73 Å². The van der Waals surface area contributed by atoms with E-state index in [1.807, 2.05) is 19.9 Å².